The molecule has 0 unspecified atom stereocenters. The maximum absolute atomic E-state index is 11.9. The lowest BCUT2D eigenvalue weighted by atomic mass is 10.2. The normalized spacial score (nSPS) is 10.3. The molecule has 2 aromatic carbocycles. The van der Waals surface area contributed by atoms with Crippen molar-refractivity contribution < 1.29 is 4.79 Å². The fourth-order valence-corrected chi connectivity index (χ4v) is 2.80. The maximum Gasteiger partial charge on any atom is 0.243 e. The molecule has 1 amide bonds. The van der Waals surface area contributed by atoms with E-state index in [4.69, 9.17) is 23.2 Å². The molecule has 6 heteroatoms. The molecule has 0 aliphatic heterocycles. The standard InChI is InChI=1S/C15H13BrCl2N2O/c1-9-4-10(16)2-3-14(9)20-15(21)8-19-13-6-11(17)5-12(18)7-13/h2-7,19H,8H2,1H3,(H,20,21). The van der Waals surface area contributed by atoms with Gasteiger partial charge in [0.25, 0.3) is 0 Å². The van der Waals surface area contributed by atoms with Crippen LogP contribution in [0.25, 0.3) is 0 Å². The number of anilines is 2. The molecule has 0 atom stereocenters. The average Bonchev–Trinajstić information content (AvgIpc) is 2.39. The van der Waals surface area contributed by atoms with E-state index in [0.29, 0.717) is 15.7 Å². The van der Waals surface area contributed by atoms with Gasteiger partial charge in [-0.3, -0.25) is 4.79 Å². The zero-order chi connectivity index (χ0) is 15.4. The Bertz CT molecular complexity index is 656. The fourth-order valence-electron chi connectivity index (χ4n) is 1.80. The Labute approximate surface area is 141 Å². The van der Waals surface area contributed by atoms with E-state index < -0.39 is 0 Å². The smallest absolute Gasteiger partial charge is 0.243 e. The highest BCUT2D eigenvalue weighted by atomic mass is 79.9. The molecule has 2 aromatic rings. The first-order valence-electron chi connectivity index (χ1n) is 6.20. The number of nitrogens with one attached hydrogen (secondary N) is 2. The molecule has 110 valence electrons. The molecule has 0 aromatic heterocycles. The highest BCUT2D eigenvalue weighted by Crippen LogP contribution is 2.22. The van der Waals surface area contributed by atoms with Crippen LogP contribution in [0.4, 0.5) is 11.4 Å². The molecule has 21 heavy (non-hydrogen) atoms. The molecule has 0 heterocycles. The molecule has 0 fully saturated rings. The molecular weight excluding hydrogens is 375 g/mol. The minimum absolute atomic E-state index is 0.131. The predicted molar refractivity (Wildman–Crippen MR) is 92.5 cm³/mol. The predicted octanol–water partition coefficient (Wildman–Crippen LogP) is 5.11. The molecule has 0 saturated heterocycles. The Hall–Kier alpha value is -1.23. The van der Waals surface area contributed by atoms with Crippen molar-refractivity contribution in [2.24, 2.45) is 0 Å². The number of amides is 1. The summed E-state index contributed by atoms with van der Waals surface area (Å²) in [6.45, 7) is 2.07. The topological polar surface area (TPSA) is 41.1 Å². The van der Waals surface area contributed by atoms with Crippen molar-refractivity contribution in [2.75, 3.05) is 17.2 Å². The van der Waals surface area contributed by atoms with Crippen molar-refractivity contribution in [3.63, 3.8) is 0 Å². The number of carbonyl (C=O) groups excluding carboxylic acids is 1. The van der Waals surface area contributed by atoms with E-state index in [1.54, 1.807) is 18.2 Å². The van der Waals surface area contributed by atoms with Gasteiger partial charge in [-0.25, -0.2) is 0 Å². The van der Waals surface area contributed by atoms with Gasteiger partial charge in [-0.2, -0.15) is 0 Å². The first kappa shape index (κ1) is 16.1. The van der Waals surface area contributed by atoms with Crippen molar-refractivity contribution in [1.82, 2.24) is 0 Å². The van der Waals surface area contributed by atoms with Crippen LogP contribution in [-0.4, -0.2) is 12.5 Å². The van der Waals surface area contributed by atoms with Crippen LogP contribution in [0, 0.1) is 6.92 Å². The van der Waals surface area contributed by atoms with Crippen LogP contribution in [0.3, 0.4) is 0 Å². The summed E-state index contributed by atoms with van der Waals surface area (Å²) >= 11 is 15.2. The summed E-state index contributed by atoms with van der Waals surface area (Å²) in [7, 11) is 0. The number of benzene rings is 2. The first-order valence-corrected chi connectivity index (χ1v) is 7.75. The third-order valence-electron chi connectivity index (χ3n) is 2.78. The second-order valence-corrected chi connectivity index (χ2v) is 6.31. The summed E-state index contributed by atoms with van der Waals surface area (Å²) in [5.74, 6) is -0.142. The SMILES string of the molecule is Cc1cc(Br)ccc1NC(=O)CNc1cc(Cl)cc(Cl)c1. The van der Waals surface area contributed by atoms with Gasteiger partial charge in [0.1, 0.15) is 0 Å². The Kier molecular flexibility index (Phi) is 5.51. The quantitative estimate of drug-likeness (QED) is 0.764. The molecule has 0 bridgehead atoms. The van der Waals surface area contributed by atoms with E-state index in [0.717, 1.165) is 15.7 Å². The van der Waals surface area contributed by atoms with Gasteiger partial charge in [0, 0.05) is 25.9 Å². The van der Waals surface area contributed by atoms with E-state index in [9.17, 15) is 4.79 Å². The van der Waals surface area contributed by atoms with Crippen molar-refractivity contribution >= 4 is 56.4 Å². The molecule has 0 aliphatic rings. The van der Waals surface area contributed by atoms with E-state index >= 15 is 0 Å². The average molecular weight is 388 g/mol. The molecular formula is C15H13BrCl2N2O. The monoisotopic (exact) mass is 386 g/mol. The largest absolute Gasteiger partial charge is 0.376 e. The van der Waals surface area contributed by atoms with E-state index in [-0.39, 0.29) is 12.5 Å². The van der Waals surface area contributed by atoms with Crippen LogP contribution < -0.4 is 10.6 Å². The highest BCUT2D eigenvalue weighted by Gasteiger charge is 2.06. The zero-order valence-electron chi connectivity index (χ0n) is 11.2. The zero-order valence-corrected chi connectivity index (χ0v) is 14.3. The van der Waals surface area contributed by atoms with Gasteiger partial charge in [0.15, 0.2) is 0 Å². The third kappa shape index (κ3) is 4.92. The first-order chi connectivity index (χ1) is 9.94. The van der Waals surface area contributed by atoms with Gasteiger partial charge in [0.05, 0.1) is 6.54 Å². The second-order valence-electron chi connectivity index (χ2n) is 4.52. The van der Waals surface area contributed by atoms with Crippen LogP contribution >= 0.6 is 39.1 Å². The molecule has 0 aliphatic carbocycles. The van der Waals surface area contributed by atoms with Gasteiger partial charge < -0.3 is 10.6 Å². The van der Waals surface area contributed by atoms with Crippen LogP contribution in [0.5, 0.6) is 0 Å². The summed E-state index contributed by atoms with van der Waals surface area (Å²) in [5.41, 5.74) is 2.48. The molecule has 2 rings (SSSR count). The number of aryl methyl sites for hydroxylation is 1. The van der Waals surface area contributed by atoms with Crippen molar-refractivity contribution in [3.8, 4) is 0 Å². The third-order valence-corrected chi connectivity index (χ3v) is 3.71. The van der Waals surface area contributed by atoms with E-state index in [1.807, 2.05) is 25.1 Å². The summed E-state index contributed by atoms with van der Waals surface area (Å²) < 4.78 is 0.977. The lowest BCUT2D eigenvalue weighted by Gasteiger charge is -2.10. The number of rotatable bonds is 4. The molecule has 0 saturated carbocycles. The molecule has 0 spiro atoms. The highest BCUT2D eigenvalue weighted by molar-refractivity contribution is 9.10. The van der Waals surface area contributed by atoms with Crippen molar-refractivity contribution in [2.45, 2.75) is 6.92 Å². The summed E-state index contributed by atoms with van der Waals surface area (Å²) in [6.07, 6.45) is 0. The minimum atomic E-state index is -0.142. The van der Waals surface area contributed by atoms with Crippen LogP contribution in [0.1, 0.15) is 5.56 Å². The summed E-state index contributed by atoms with van der Waals surface area (Å²) in [4.78, 5) is 11.9. The fraction of sp³-hybridized carbons (Fsp3) is 0.133. The van der Waals surface area contributed by atoms with Crippen LogP contribution in [-0.2, 0) is 4.79 Å². The number of halogens is 3. The van der Waals surface area contributed by atoms with E-state index in [1.165, 1.54) is 0 Å². The van der Waals surface area contributed by atoms with Gasteiger partial charge >= 0.3 is 0 Å². The van der Waals surface area contributed by atoms with Crippen molar-refractivity contribution in [1.29, 1.82) is 0 Å². The van der Waals surface area contributed by atoms with Crippen LogP contribution in [0.2, 0.25) is 10.0 Å². The van der Waals surface area contributed by atoms with Gasteiger partial charge in [0.2, 0.25) is 5.91 Å². The Morgan fingerprint density at radius 3 is 2.43 bits per heavy atom. The van der Waals surface area contributed by atoms with Gasteiger partial charge in [-0.05, 0) is 48.9 Å². The number of hydrogen-bond acceptors (Lipinski definition) is 2. The number of carbonyl (C=O) groups is 1. The van der Waals surface area contributed by atoms with Crippen molar-refractivity contribution in [3.05, 3.63) is 56.5 Å². The summed E-state index contributed by atoms with van der Waals surface area (Å²) in [5, 5.41) is 6.88. The Morgan fingerprint density at radius 2 is 1.81 bits per heavy atom. The minimum Gasteiger partial charge on any atom is -0.376 e. The second kappa shape index (κ2) is 7.16. The Balaban J connectivity index is 1.95. The van der Waals surface area contributed by atoms with Gasteiger partial charge in [-0.1, -0.05) is 39.1 Å². The lowest BCUT2D eigenvalue weighted by molar-refractivity contribution is -0.114. The van der Waals surface area contributed by atoms with Crippen LogP contribution in [0.15, 0.2) is 40.9 Å². The maximum atomic E-state index is 11.9. The number of hydrogen-bond donors (Lipinski definition) is 2. The van der Waals surface area contributed by atoms with E-state index in [2.05, 4.69) is 26.6 Å². The molecule has 0 radical (unpaired) electrons. The molecule has 2 N–H and O–H groups in total. The summed E-state index contributed by atoms with van der Waals surface area (Å²) in [6, 6.07) is 10.7. The Morgan fingerprint density at radius 1 is 1.14 bits per heavy atom. The lowest BCUT2D eigenvalue weighted by Crippen LogP contribution is -2.22. The van der Waals surface area contributed by atoms with Gasteiger partial charge in [-0.15, -0.1) is 0 Å². The molecule has 3 nitrogen and oxygen atoms in total.